The summed E-state index contributed by atoms with van der Waals surface area (Å²) in [5.41, 5.74) is 1.63. The van der Waals surface area contributed by atoms with E-state index < -0.39 is 0 Å². The number of likely N-dealkylation sites (N-methyl/N-ethyl adjacent to an activating group) is 1. The molecule has 1 aromatic carbocycles. The van der Waals surface area contributed by atoms with Gasteiger partial charge in [-0.1, -0.05) is 30.3 Å². The molecule has 0 radical (unpaired) electrons. The Morgan fingerprint density at radius 1 is 1.27 bits per heavy atom. The fraction of sp³-hybridized carbons (Fsp3) is 0.444. The molecule has 0 atom stereocenters. The molecule has 0 aliphatic heterocycles. The second-order valence-corrected chi connectivity index (χ2v) is 6.70. The molecule has 0 unspecified atom stereocenters. The van der Waals surface area contributed by atoms with Gasteiger partial charge in [-0.05, 0) is 31.2 Å². The van der Waals surface area contributed by atoms with Crippen LogP contribution in [0, 0.1) is 0 Å². The minimum atomic E-state index is 0.0522. The molecule has 0 spiro atoms. The lowest BCUT2D eigenvalue weighted by Gasteiger charge is -2.25. The number of nitrogens with zero attached hydrogens (tertiary/aromatic N) is 3. The highest BCUT2D eigenvalue weighted by Crippen LogP contribution is 2.48. The molecule has 2 fully saturated rings. The molecular formula is C18H21N3O. The summed E-state index contributed by atoms with van der Waals surface area (Å²) in [5.74, 6) is 0.580. The molecule has 22 heavy (non-hydrogen) atoms. The summed E-state index contributed by atoms with van der Waals surface area (Å²) in [6.45, 7) is 0.855. The first-order chi connectivity index (χ1) is 10.7. The van der Waals surface area contributed by atoms with Gasteiger partial charge in [-0.3, -0.25) is 4.79 Å². The third-order valence-corrected chi connectivity index (χ3v) is 4.93. The number of hydrogen-bond acceptors (Lipinski definition) is 3. The zero-order valence-corrected chi connectivity index (χ0v) is 12.9. The zero-order chi connectivity index (χ0) is 15.2. The Kier molecular flexibility index (Phi) is 3.06. The van der Waals surface area contributed by atoms with Gasteiger partial charge in [-0.25, -0.2) is 4.98 Å². The molecule has 2 aromatic rings. The second-order valence-electron chi connectivity index (χ2n) is 6.70. The molecule has 0 amide bonds. The summed E-state index contributed by atoms with van der Waals surface area (Å²) in [6, 6.07) is 11.0. The SMILES string of the molecule is CN(CC1(c2ccccc2)CC1)c1nccn(C2CC2)c1=O. The number of anilines is 1. The molecule has 2 aliphatic carbocycles. The van der Waals surface area contributed by atoms with E-state index >= 15 is 0 Å². The van der Waals surface area contributed by atoms with E-state index in [-0.39, 0.29) is 11.0 Å². The van der Waals surface area contributed by atoms with Crippen LogP contribution in [-0.2, 0) is 5.41 Å². The van der Waals surface area contributed by atoms with Crippen molar-refractivity contribution in [2.45, 2.75) is 37.1 Å². The fourth-order valence-corrected chi connectivity index (χ4v) is 3.33. The van der Waals surface area contributed by atoms with Crippen molar-refractivity contribution < 1.29 is 0 Å². The fourth-order valence-electron chi connectivity index (χ4n) is 3.33. The van der Waals surface area contributed by atoms with Gasteiger partial charge >= 0.3 is 0 Å². The smallest absolute Gasteiger partial charge is 0.293 e. The monoisotopic (exact) mass is 295 g/mol. The molecule has 4 rings (SSSR count). The molecule has 0 bridgehead atoms. The lowest BCUT2D eigenvalue weighted by atomic mass is 9.95. The average Bonchev–Trinajstić information content (AvgIpc) is 3.43. The highest BCUT2D eigenvalue weighted by Gasteiger charge is 2.45. The van der Waals surface area contributed by atoms with E-state index in [2.05, 4.69) is 35.3 Å². The van der Waals surface area contributed by atoms with Gasteiger partial charge in [0.15, 0.2) is 5.82 Å². The lowest BCUT2D eigenvalue weighted by Crippen LogP contribution is -2.35. The van der Waals surface area contributed by atoms with Crippen LogP contribution in [0.25, 0.3) is 0 Å². The number of rotatable bonds is 5. The van der Waals surface area contributed by atoms with Gasteiger partial charge in [0.2, 0.25) is 0 Å². The molecule has 4 nitrogen and oxygen atoms in total. The first-order valence-corrected chi connectivity index (χ1v) is 8.03. The zero-order valence-electron chi connectivity index (χ0n) is 12.9. The van der Waals surface area contributed by atoms with Crippen molar-refractivity contribution in [3.63, 3.8) is 0 Å². The van der Waals surface area contributed by atoms with Gasteiger partial charge in [-0.2, -0.15) is 0 Å². The van der Waals surface area contributed by atoms with E-state index in [1.54, 1.807) is 6.20 Å². The average molecular weight is 295 g/mol. The van der Waals surface area contributed by atoms with Gasteiger partial charge in [0.1, 0.15) is 0 Å². The molecule has 4 heteroatoms. The van der Waals surface area contributed by atoms with Crippen LogP contribution in [0.5, 0.6) is 0 Å². The van der Waals surface area contributed by atoms with Gasteiger partial charge < -0.3 is 9.47 Å². The maximum atomic E-state index is 12.6. The topological polar surface area (TPSA) is 38.1 Å². The van der Waals surface area contributed by atoms with E-state index in [1.165, 1.54) is 18.4 Å². The first-order valence-electron chi connectivity index (χ1n) is 8.03. The molecule has 2 saturated carbocycles. The second kappa shape index (κ2) is 4.97. The Balaban J connectivity index is 1.59. The highest BCUT2D eigenvalue weighted by atomic mass is 16.1. The molecule has 2 aliphatic rings. The predicted octanol–water partition coefficient (Wildman–Crippen LogP) is 2.75. The van der Waals surface area contributed by atoms with E-state index in [0.717, 1.165) is 19.4 Å². The van der Waals surface area contributed by atoms with E-state index in [4.69, 9.17) is 0 Å². The van der Waals surface area contributed by atoms with Crippen molar-refractivity contribution in [3.05, 3.63) is 58.6 Å². The Bertz CT molecular complexity index is 729. The van der Waals surface area contributed by atoms with Crippen LogP contribution in [0.2, 0.25) is 0 Å². The molecule has 1 aromatic heterocycles. The highest BCUT2D eigenvalue weighted by molar-refractivity contribution is 5.40. The van der Waals surface area contributed by atoms with E-state index in [0.29, 0.717) is 11.9 Å². The van der Waals surface area contributed by atoms with Gasteiger partial charge in [0.25, 0.3) is 5.56 Å². The van der Waals surface area contributed by atoms with Crippen molar-refractivity contribution in [2.24, 2.45) is 0 Å². The summed E-state index contributed by atoms with van der Waals surface area (Å²) >= 11 is 0. The van der Waals surface area contributed by atoms with Crippen molar-refractivity contribution in [1.29, 1.82) is 0 Å². The van der Waals surface area contributed by atoms with Gasteiger partial charge in [-0.15, -0.1) is 0 Å². The summed E-state index contributed by atoms with van der Waals surface area (Å²) in [5, 5.41) is 0. The van der Waals surface area contributed by atoms with Gasteiger partial charge in [0.05, 0.1) is 0 Å². The van der Waals surface area contributed by atoms with Crippen molar-refractivity contribution in [2.75, 3.05) is 18.5 Å². The first kappa shape index (κ1) is 13.6. The van der Waals surface area contributed by atoms with Crippen LogP contribution in [0.4, 0.5) is 5.82 Å². The van der Waals surface area contributed by atoms with Gasteiger partial charge in [0, 0.05) is 37.4 Å². The normalized spacial score (nSPS) is 19.0. The Hall–Kier alpha value is -2.10. The number of aromatic nitrogens is 2. The standard InChI is InChI=1S/C18H21N3O/c1-20(13-18(9-10-18)14-5-3-2-4-6-14)16-17(22)21(12-11-19-16)15-7-8-15/h2-6,11-12,15H,7-10,13H2,1H3. The Morgan fingerprint density at radius 2 is 2.00 bits per heavy atom. The van der Waals surface area contributed by atoms with Crippen LogP contribution in [-0.4, -0.2) is 23.1 Å². The third-order valence-electron chi connectivity index (χ3n) is 4.93. The number of benzene rings is 1. The molecular weight excluding hydrogens is 274 g/mol. The van der Waals surface area contributed by atoms with Crippen LogP contribution in [0.15, 0.2) is 47.5 Å². The third kappa shape index (κ3) is 2.32. The summed E-state index contributed by atoms with van der Waals surface area (Å²) < 4.78 is 1.85. The van der Waals surface area contributed by atoms with Crippen molar-refractivity contribution in [1.82, 2.24) is 9.55 Å². The van der Waals surface area contributed by atoms with Crippen LogP contribution < -0.4 is 10.5 Å². The Morgan fingerprint density at radius 3 is 2.64 bits per heavy atom. The van der Waals surface area contributed by atoms with E-state index in [9.17, 15) is 4.79 Å². The minimum absolute atomic E-state index is 0.0522. The molecule has 1 heterocycles. The van der Waals surface area contributed by atoms with Crippen LogP contribution in [0.1, 0.15) is 37.3 Å². The molecule has 0 N–H and O–H groups in total. The summed E-state index contributed by atoms with van der Waals surface area (Å²) in [7, 11) is 1.99. The lowest BCUT2D eigenvalue weighted by molar-refractivity contribution is 0.649. The number of hydrogen-bond donors (Lipinski definition) is 0. The summed E-state index contributed by atoms with van der Waals surface area (Å²) in [6.07, 6.45) is 8.17. The van der Waals surface area contributed by atoms with Crippen LogP contribution in [0.3, 0.4) is 0 Å². The quantitative estimate of drug-likeness (QED) is 0.851. The largest absolute Gasteiger partial charge is 0.354 e. The van der Waals surface area contributed by atoms with Crippen molar-refractivity contribution in [3.8, 4) is 0 Å². The maximum absolute atomic E-state index is 12.6. The summed E-state index contributed by atoms with van der Waals surface area (Å²) in [4.78, 5) is 19.0. The molecule has 114 valence electrons. The van der Waals surface area contributed by atoms with Crippen LogP contribution >= 0.6 is 0 Å². The minimum Gasteiger partial charge on any atom is -0.354 e. The Labute approximate surface area is 130 Å². The predicted molar refractivity (Wildman–Crippen MR) is 87.4 cm³/mol. The molecule has 0 saturated heterocycles. The van der Waals surface area contributed by atoms with Crippen molar-refractivity contribution >= 4 is 5.82 Å². The maximum Gasteiger partial charge on any atom is 0.293 e. The van der Waals surface area contributed by atoms with E-state index in [1.807, 2.05) is 22.7 Å².